The van der Waals surface area contributed by atoms with Crippen LogP contribution in [0.2, 0.25) is 0 Å². The molecule has 0 aliphatic carbocycles. The summed E-state index contributed by atoms with van der Waals surface area (Å²) in [5.41, 5.74) is 0.232. The summed E-state index contributed by atoms with van der Waals surface area (Å²) in [4.78, 5) is 2.31. The zero-order valence-electron chi connectivity index (χ0n) is 9.57. The van der Waals surface area contributed by atoms with Crippen molar-refractivity contribution < 1.29 is 0 Å². The Morgan fingerprint density at radius 1 is 1.31 bits per heavy atom. The molecule has 3 heteroatoms. The van der Waals surface area contributed by atoms with Crippen LogP contribution in [0.3, 0.4) is 0 Å². The van der Waals surface area contributed by atoms with E-state index in [4.69, 9.17) is 0 Å². The molecule has 1 heterocycles. The second-order valence-electron chi connectivity index (χ2n) is 5.09. The molecule has 0 bridgehead atoms. The Labute approximate surface area is 81.4 Å². The van der Waals surface area contributed by atoms with Crippen molar-refractivity contribution in [3.63, 3.8) is 0 Å². The second-order valence-corrected chi connectivity index (χ2v) is 5.09. The molecule has 1 aliphatic heterocycles. The Hall–Kier alpha value is -0.730. The second kappa shape index (κ2) is 3.20. The van der Waals surface area contributed by atoms with Crippen molar-refractivity contribution in [2.24, 2.45) is 10.5 Å². The third-order valence-corrected chi connectivity index (χ3v) is 2.37. The third kappa shape index (κ3) is 1.95. The van der Waals surface area contributed by atoms with Gasteiger partial charge in [-0.1, -0.05) is 20.8 Å². The van der Waals surface area contributed by atoms with Gasteiger partial charge in [0.1, 0.15) is 12.5 Å². The molecule has 1 aliphatic rings. The monoisotopic (exact) mass is 183 g/mol. The van der Waals surface area contributed by atoms with Crippen LogP contribution in [0.1, 0.15) is 34.6 Å². The molecule has 1 rings (SSSR count). The van der Waals surface area contributed by atoms with Crippen LogP contribution in [-0.2, 0) is 0 Å². The largest absolute Gasteiger partial charge is 0.336 e. The molecule has 0 N–H and O–H groups in total. The molecular formula is C10H21N3. The lowest BCUT2D eigenvalue weighted by atomic mass is 9.91. The van der Waals surface area contributed by atoms with Crippen molar-refractivity contribution in [3.8, 4) is 0 Å². The fourth-order valence-corrected chi connectivity index (χ4v) is 1.88. The quantitative estimate of drug-likeness (QED) is 0.619. The van der Waals surface area contributed by atoms with E-state index in [1.807, 2.05) is 18.4 Å². The lowest BCUT2D eigenvalue weighted by Crippen LogP contribution is -2.49. The van der Waals surface area contributed by atoms with Gasteiger partial charge >= 0.3 is 0 Å². The van der Waals surface area contributed by atoms with Gasteiger partial charge in [0.2, 0.25) is 0 Å². The Morgan fingerprint density at radius 2 is 1.85 bits per heavy atom. The molecule has 0 saturated heterocycles. The Morgan fingerprint density at radius 3 is 2.15 bits per heavy atom. The Balaban J connectivity index is 2.82. The molecule has 0 aromatic carbocycles. The predicted molar refractivity (Wildman–Crippen MR) is 56.5 cm³/mol. The van der Waals surface area contributed by atoms with Gasteiger partial charge < -0.3 is 4.90 Å². The van der Waals surface area contributed by atoms with Gasteiger partial charge in [-0.15, -0.1) is 0 Å². The molecule has 0 radical (unpaired) electrons. The normalized spacial score (nSPS) is 23.5. The van der Waals surface area contributed by atoms with Crippen LogP contribution < -0.4 is 0 Å². The highest BCUT2D eigenvalue weighted by molar-refractivity contribution is 5.57. The van der Waals surface area contributed by atoms with Gasteiger partial charge in [0.05, 0.1) is 0 Å². The smallest absolute Gasteiger partial charge is 0.123 e. The zero-order valence-corrected chi connectivity index (χ0v) is 9.57. The van der Waals surface area contributed by atoms with Crippen LogP contribution in [0.4, 0.5) is 0 Å². The summed E-state index contributed by atoms with van der Waals surface area (Å²) in [6.45, 7) is 11.1. The molecule has 3 nitrogen and oxygen atoms in total. The minimum atomic E-state index is 0.232. The molecule has 1 unspecified atom stereocenters. The zero-order chi connectivity index (χ0) is 10.2. The van der Waals surface area contributed by atoms with Crippen LogP contribution >= 0.6 is 0 Å². The SMILES string of the molecule is CC(C)N1C=NN(C)C1C(C)(C)C. The number of hydrazone groups is 1. The maximum absolute atomic E-state index is 4.32. The van der Waals surface area contributed by atoms with Gasteiger partial charge in [0, 0.05) is 18.5 Å². The third-order valence-electron chi connectivity index (χ3n) is 2.37. The van der Waals surface area contributed by atoms with Crippen molar-refractivity contribution in [3.05, 3.63) is 0 Å². The predicted octanol–water partition coefficient (Wildman–Crippen LogP) is 1.96. The highest BCUT2D eigenvalue weighted by Gasteiger charge is 2.36. The highest BCUT2D eigenvalue weighted by atomic mass is 15.6. The molecule has 0 spiro atoms. The van der Waals surface area contributed by atoms with Crippen molar-refractivity contribution in [2.45, 2.75) is 46.8 Å². The van der Waals surface area contributed by atoms with E-state index in [1.54, 1.807) is 0 Å². The molecule has 1 atom stereocenters. The lowest BCUT2D eigenvalue weighted by molar-refractivity contribution is 0.0409. The molecule has 0 saturated carbocycles. The minimum Gasteiger partial charge on any atom is -0.336 e. The summed E-state index contributed by atoms with van der Waals surface area (Å²) in [5.74, 6) is 0. The fraction of sp³-hybridized carbons (Fsp3) is 0.900. The van der Waals surface area contributed by atoms with Crippen LogP contribution in [-0.4, -0.2) is 35.5 Å². The van der Waals surface area contributed by atoms with Gasteiger partial charge in [-0.2, -0.15) is 5.10 Å². The molecule has 0 aromatic rings. The maximum Gasteiger partial charge on any atom is 0.123 e. The molecular weight excluding hydrogens is 162 g/mol. The van der Waals surface area contributed by atoms with Gasteiger partial charge in [-0.3, -0.25) is 5.01 Å². The fourth-order valence-electron chi connectivity index (χ4n) is 1.88. The summed E-state index contributed by atoms with van der Waals surface area (Å²) >= 11 is 0. The van der Waals surface area contributed by atoms with Crippen LogP contribution in [0.25, 0.3) is 0 Å². The minimum absolute atomic E-state index is 0.232. The number of hydrogen-bond donors (Lipinski definition) is 0. The first-order valence-corrected chi connectivity index (χ1v) is 4.88. The standard InChI is InChI=1S/C10H21N3/c1-8(2)13-7-11-12(6)9(13)10(3,4)5/h7-9H,1-6H3. The van der Waals surface area contributed by atoms with Gasteiger partial charge in [0.15, 0.2) is 0 Å². The van der Waals surface area contributed by atoms with E-state index in [0.29, 0.717) is 12.2 Å². The van der Waals surface area contributed by atoms with Crippen molar-refractivity contribution in [2.75, 3.05) is 7.05 Å². The van der Waals surface area contributed by atoms with E-state index in [0.717, 1.165) is 0 Å². The van der Waals surface area contributed by atoms with E-state index in [9.17, 15) is 0 Å². The first-order valence-electron chi connectivity index (χ1n) is 4.88. The van der Waals surface area contributed by atoms with Crippen molar-refractivity contribution >= 4 is 6.34 Å². The topological polar surface area (TPSA) is 18.8 Å². The van der Waals surface area contributed by atoms with Crippen LogP contribution in [0, 0.1) is 5.41 Å². The van der Waals surface area contributed by atoms with Gasteiger partial charge in [-0.25, -0.2) is 0 Å². The van der Waals surface area contributed by atoms with Gasteiger partial charge in [0.25, 0.3) is 0 Å². The average Bonchev–Trinajstić information content (AvgIpc) is 2.28. The van der Waals surface area contributed by atoms with E-state index in [-0.39, 0.29) is 5.41 Å². The summed E-state index contributed by atoms with van der Waals surface area (Å²) in [7, 11) is 2.04. The summed E-state index contributed by atoms with van der Waals surface area (Å²) in [5, 5.41) is 6.36. The first-order chi connectivity index (χ1) is 5.84. The van der Waals surface area contributed by atoms with E-state index in [1.165, 1.54) is 0 Å². The van der Waals surface area contributed by atoms with Crippen molar-refractivity contribution in [1.82, 2.24) is 9.91 Å². The summed E-state index contributed by atoms with van der Waals surface area (Å²) in [6.07, 6.45) is 2.33. The average molecular weight is 183 g/mol. The van der Waals surface area contributed by atoms with E-state index in [2.05, 4.69) is 44.6 Å². The van der Waals surface area contributed by atoms with E-state index >= 15 is 0 Å². The Kier molecular flexibility index (Phi) is 2.55. The van der Waals surface area contributed by atoms with Crippen LogP contribution in [0.15, 0.2) is 5.10 Å². The summed E-state index contributed by atoms with van der Waals surface area (Å²) in [6, 6.07) is 0.512. The molecule has 0 fully saturated rings. The lowest BCUT2D eigenvalue weighted by Gasteiger charge is -2.40. The Bertz CT molecular complexity index is 203. The molecule has 0 amide bonds. The number of hydrogen-bond acceptors (Lipinski definition) is 3. The molecule has 0 aromatic heterocycles. The maximum atomic E-state index is 4.32. The first kappa shape index (κ1) is 10.4. The van der Waals surface area contributed by atoms with E-state index < -0.39 is 0 Å². The number of rotatable bonds is 1. The van der Waals surface area contributed by atoms with Crippen molar-refractivity contribution in [1.29, 1.82) is 0 Å². The molecule has 76 valence electrons. The summed E-state index contributed by atoms with van der Waals surface area (Å²) < 4.78 is 0. The number of nitrogens with zero attached hydrogens (tertiary/aromatic N) is 3. The highest BCUT2D eigenvalue weighted by Crippen LogP contribution is 2.30. The van der Waals surface area contributed by atoms with Gasteiger partial charge in [-0.05, 0) is 13.8 Å². The molecule has 13 heavy (non-hydrogen) atoms. The van der Waals surface area contributed by atoms with Crippen LogP contribution in [0.5, 0.6) is 0 Å².